The summed E-state index contributed by atoms with van der Waals surface area (Å²) in [5.41, 5.74) is 0.766. The van der Waals surface area contributed by atoms with Gasteiger partial charge >= 0.3 is 0 Å². The Balaban J connectivity index is 1.75. The zero-order valence-corrected chi connectivity index (χ0v) is 10.7. The number of fused-ring (bicyclic) bond motifs is 1. The Morgan fingerprint density at radius 3 is 3.17 bits per heavy atom. The highest BCUT2D eigenvalue weighted by Crippen LogP contribution is 2.17. The average molecular weight is 260 g/mol. The average Bonchev–Trinajstić information content (AvgIpc) is 2.98. The van der Waals surface area contributed by atoms with Gasteiger partial charge < -0.3 is 5.32 Å². The second-order valence-electron chi connectivity index (χ2n) is 3.91. The standard InChI is InChI=1S/C11H12N6S/c1-7-15-10(9-6-13-17-11(9)16-7)12-4-2-8-3-5-14-18-8/h3,5-6H,2,4H2,1H3,(H2,12,13,15,16,17). The fourth-order valence-corrected chi connectivity index (χ4v) is 2.33. The van der Waals surface area contributed by atoms with Crippen molar-refractivity contribution in [2.45, 2.75) is 13.3 Å². The topological polar surface area (TPSA) is 79.4 Å². The molecule has 3 aromatic rings. The van der Waals surface area contributed by atoms with E-state index < -0.39 is 0 Å². The van der Waals surface area contributed by atoms with Gasteiger partial charge in [0.1, 0.15) is 11.6 Å². The Hall–Kier alpha value is -2.02. The number of hydrogen-bond donors (Lipinski definition) is 2. The summed E-state index contributed by atoms with van der Waals surface area (Å²) in [4.78, 5) is 9.94. The molecule has 7 heteroatoms. The number of rotatable bonds is 4. The summed E-state index contributed by atoms with van der Waals surface area (Å²) in [5.74, 6) is 1.56. The van der Waals surface area contributed by atoms with Crippen molar-refractivity contribution in [3.05, 3.63) is 29.2 Å². The summed E-state index contributed by atoms with van der Waals surface area (Å²) in [6, 6.07) is 2.03. The fourth-order valence-electron chi connectivity index (χ4n) is 1.76. The zero-order valence-electron chi connectivity index (χ0n) is 9.84. The molecule has 92 valence electrons. The first kappa shape index (κ1) is 11.1. The number of aromatic nitrogens is 5. The van der Waals surface area contributed by atoms with E-state index in [9.17, 15) is 0 Å². The number of nitrogens with zero attached hydrogens (tertiary/aromatic N) is 4. The van der Waals surface area contributed by atoms with Gasteiger partial charge in [0.2, 0.25) is 0 Å². The predicted octanol–water partition coefficient (Wildman–Crippen LogP) is 1.77. The molecule has 0 aliphatic carbocycles. The van der Waals surface area contributed by atoms with E-state index in [0.717, 1.165) is 35.6 Å². The molecule has 0 aliphatic rings. The Morgan fingerprint density at radius 2 is 2.33 bits per heavy atom. The van der Waals surface area contributed by atoms with Gasteiger partial charge in [0.25, 0.3) is 0 Å². The van der Waals surface area contributed by atoms with Gasteiger partial charge in [0, 0.05) is 24.0 Å². The largest absolute Gasteiger partial charge is 0.369 e. The maximum atomic E-state index is 4.40. The fraction of sp³-hybridized carbons (Fsp3) is 0.273. The van der Waals surface area contributed by atoms with Crippen LogP contribution in [0.4, 0.5) is 5.82 Å². The van der Waals surface area contributed by atoms with E-state index in [1.54, 1.807) is 6.20 Å². The lowest BCUT2D eigenvalue weighted by atomic mass is 10.3. The molecular formula is C11H12N6S. The molecule has 0 spiro atoms. The first-order chi connectivity index (χ1) is 8.83. The van der Waals surface area contributed by atoms with Crippen LogP contribution in [0, 0.1) is 6.92 Å². The second-order valence-corrected chi connectivity index (χ2v) is 4.83. The number of aryl methyl sites for hydroxylation is 1. The van der Waals surface area contributed by atoms with Gasteiger partial charge in [-0.15, -0.1) is 0 Å². The van der Waals surface area contributed by atoms with E-state index in [1.807, 2.05) is 19.2 Å². The zero-order chi connectivity index (χ0) is 12.4. The van der Waals surface area contributed by atoms with E-state index in [1.165, 1.54) is 16.4 Å². The Labute approximate surface area is 108 Å². The first-order valence-electron chi connectivity index (χ1n) is 5.64. The van der Waals surface area contributed by atoms with Gasteiger partial charge in [-0.1, -0.05) is 0 Å². The molecule has 0 bridgehead atoms. The van der Waals surface area contributed by atoms with Crippen LogP contribution in [0.5, 0.6) is 0 Å². The van der Waals surface area contributed by atoms with E-state index in [-0.39, 0.29) is 0 Å². The summed E-state index contributed by atoms with van der Waals surface area (Å²) in [6.45, 7) is 2.69. The van der Waals surface area contributed by atoms with Gasteiger partial charge in [-0.05, 0) is 24.5 Å². The highest BCUT2D eigenvalue weighted by Gasteiger charge is 2.06. The highest BCUT2D eigenvalue weighted by atomic mass is 32.1. The van der Waals surface area contributed by atoms with Crippen molar-refractivity contribution in [1.29, 1.82) is 0 Å². The van der Waals surface area contributed by atoms with Crippen LogP contribution in [-0.4, -0.2) is 31.1 Å². The summed E-state index contributed by atoms with van der Waals surface area (Å²) in [6.07, 6.45) is 4.50. The van der Waals surface area contributed by atoms with E-state index >= 15 is 0 Å². The van der Waals surface area contributed by atoms with Crippen molar-refractivity contribution in [3.63, 3.8) is 0 Å². The van der Waals surface area contributed by atoms with Crippen LogP contribution in [0.1, 0.15) is 10.7 Å². The molecule has 0 radical (unpaired) electrons. The van der Waals surface area contributed by atoms with E-state index in [0.29, 0.717) is 0 Å². The monoisotopic (exact) mass is 260 g/mol. The molecule has 3 aromatic heterocycles. The number of nitrogens with one attached hydrogen (secondary N) is 2. The summed E-state index contributed by atoms with van der Waals surface area (Å²) >= 11 is 1.53. The molecule has 3 heterocycles. The summed E-state index contributed by atoms with van der Waals surface area (Å²) in [7, 11) is 0. The minimum atomic E-state index is 0.729. The molecule has 0 amide bonds. The molecule has 0 aromatic carbocycles. The lowest BCUT2D eigenvalue weighted by Crippen LogP contribution is -2.07. The van der Waals surface area contributed by atoms with Crippen molar-refractivity contribution in [3.8, 4) is 0 Å². The maximum absolute atomic E-state index is 4.40. The summed E-state index contributed by atoms with van der Waals surface area (Å²) < 4.78 is 4.08. The number of anilines is 1. The molecule has 0 unspecified atom stereocenters. The van der Waals surface area contributed by atoms with Crippen molar-refractivity contribution < 1.29 is 0 Å². The molecule has 6 nitrogen and oxygen atoms in total. The quantitative estimate of drug-likeness (QED) is 0.747. The maximum Gasteiger partial charge on any atom is 0.161 e. The van der Waals surface area contributed by atoms with Crippen molar-refractivity contribution in [2.24, 2.45) is 0 Å². The number of aromatic amines is 1. The minimum absolute atomic E-state index is 0.729. The second kappa shape index (κ2) is 4.69. The molecule has 0 fully saturated rings. The lowest BCUT2D eigenvalue weighted by molar-refractivity contribution is 1.00. The van der Waals surface area contributed by atoms with Crippen LogP contribution in [0.2, 0.25) is 0 Å². The molecule has 2 N–H and O–H groups in total. The van der Waals surface area contributed by atoms with Crippen molar-refractivity contribution >= 4 is 28.4 Å². The molecule has 3 rings (SSSR count). The number of H-pyrrole nitrogens is 1. The molecule has 0 saturated carbocycles. The van der Waals surface area contributed by atoms with Crippen LogP contribution < -0.4 is 5.32 Å². The molecule has 18 heavy (non-hydrogen) atoms. The van der Waals surface area contributed by atoms with Crippen LogP contribution in [-0.2, 0) is 6.42 Å². The molecule has 0 atom stereocenters. The molecular weight excluding hydrogens is 248 g/mol. The normalized spacial score (nSPS) is 10.9. The van der Waals surface area contributed by atoms with Crippen molar-refractivity contribution in [1.82, 2.24) is 24.5 Å². The van der Waals surface area contributed by atoms with Crippen LogP contribution in [0.25, 0.3) is 11.0 Å². The van der Waals surface area contributed by atoms with Gasteiger partial charge in [-0.25, -0.2) is 14.3 Å². The van der Waals surface area contributed by atoms with Gasteiger partial charge in [-0.3, -0.25) is 5.10 Å². The van der Waals surface area contributed by atoms with Gasteiger partial charge in [0.15, 0.2) is 5.65 Å². The van der Waals surface area contributed by atoms with Crippen LogP contribution in [0.3, 0.4) is 0 Å². The summed E-state index contributed by atoms with van der Waals surface area (Å²) in [5, 5.41) is 11.1. The third kappa shape index (κ3) is 2.17. The van der Waals surface area contributed by atoms with Crippen molar-refractivity contribution in [2.75, 3.05) is 11.9 Å². The SMILES string of the molecule is Cc1nc(NCCc2ccns2)c2cn[nH]c2n1. The smallest absolute Gasteiger partial charge is 0.161 e. The third-order valence-corrected chi connectivity index (χ3v) is 3.38. The van der Waals surface area contributed by atoms with E-state index in [4.69, 9.17) is 0 Å². The highest BCUT2D eigenvalue weighted by molar-refractivity contribution is 7.05. The van der Waals surface area contributed by atoms with Gasteiger partial charge in [-0.2, -0.15) is 5.10 Å². The minimum Gasteiger partial charge on any atom is -0.369 e. The Kier molecular flexibility index (Phi) is 2.89. The molecule has 0 saturated heterocycles. The first-order valence-corrected chi connectivity index (χ1v) is 6.41. The van der Waals surface area contributed by atoms with Gasteiger partial charge in [0.05, 0.1) is 11.6 Å². The lowest BCUT2D eigenvalue weighted by Gasteiger charge is -2.06. The van der Waals surface area contributed by atoms with Crippen LogP contribution >= 0.6 is 11.5 Å². The third-order valence-electron chi connectivity index (χ3n) is 2.58. The Morgan fingerprint density at radius 1 is 1.39 bits per heavy atom. The van der Waals surface area contributed by atoms with E-state index in [2.05, 4.69) is 29.9 Å². The Bertz CT molecular complexity index is 645. The number of hydrogen-bond acceptors (Lipinski definition) is 6. The van der Waals surface area contributed by atoms with Crippen LogP contribution in [0.15, 0.2) is 18.5 Å². The molecule has 0 aliphatic heterocycles. The predicted molar refractivity (Wildman–Crippen MR) is 70.7 cm³/mol.